The summed E-state index contributed by atoms with van der Waals surface area (Å²) in [5, 5.41) is 3.54. The van der Waals surface area contributed by atoms with E-state index >= 15 is 0 Å². The molecule has 0 unspecified atom stereocenters. The number of hydrogen-bond acceptors (Lipinski definition) is 2. The third-order valence-corrected chi connectivity index (χ3v) is 3.13. The van der Waals surface area contributed by atoms with E-state index in [0.717, 1.165) is 13.1 Å². The van der Waals surface area contributed by atoms with Crippen molar-refractivity contribution in [1.29, 1.82) is 0 Å². The summed E-state index contributed by atoms with van der Waals surface area (Å²) in [6, 6.07) is 17.1. The van der Waals surface area contributed by atoms with Crippen LogP contribution in [0.2, 0.25) is 0 Å². The zero-order valence-electron chi connectivity index (χ0n) is 12.0. The molecule has 0 heterocycles. The van der Waals surface area contributed by atoms with Crippen LogP contribution in [-0.2, 0) is 0 Å². The molecule has 0 aliphatic carbocycles. The van der Waals surface area contributed by atoms with Crippen molar-refractivity contribution in [2.75, 3.05) is 32.5 Å². The maximum absolute atomic E-state index is 3.54. The predicted octanol–water partition coefficient (Wildman–Crippen LogP) is 3.64. The van der Waals surface area contributed by atoms with E-state index in [1.165, 1.54) is 22.4 Å². The minimum Gasteiger partial charge on any atom is -0.383 e. The summed E-state index contributed by atoms with van der Waals surface area (Å²) >= 11 is 0. The lowest BCUT2D eigenvalue weighted by Crippen LogP contribution is -2.21. The first kappa shape index (κ1) is 13.6. The highest BCUT2D eigenvalue weighted by Crippen LogP contribution is 2.28. The molecule has 2 aromatic carbocycles. The average molecular weight is 254 g/mol. The van der Waals surface area contributed by atoms with Crippen LogP contribution in [0.15, 0.2) is 48.5 Å². The topological polar surface area (TPSA) is 15.3 Å². The molecule has 19 heavy (non-hydrogen) atoms. The minimum absolute atomic E-state index is 0.955. The Bertz CT molecular complexity index is 518. The van der Waals surface area contributed by atoms with Gasteiger partial charge in [-0.05, 0) is 38.2 Å². The Morgan fingerprint density at radius 3 is 2.42 bits per heavy atom. The first-order valence-corrected chi connectivity index (χ1v) is 6.71. The van der Waals surface area contributed by atoms with Gasteiger partial charge in [0.15, 0.2) is 0 Å². The number of anilines is 1. The zero-order chi connectivity index (χ0) is 13.7. The smallest absolute Gasteiger partial charge is 0.0422 e. The second-order valence-corrected chi connectivity index (χ2v) is 5.15. The number of benzene rings is 2. The van der Waals surface area contributed by atoms with Crippen LogP contribution in [0.1, 0.15) is 5.56 Å². The van der Waals surface area contributed by atoms with Gasteiger partial charge in [0.1, 0.15) is 0 Å². The van der Waals surface area contributed by atoms with Gasteiger partial charge >= 0.3 is 0 Å². The van der Waals surface area contributed by atoms with Crippen molar-refractivity contribution in [2.24, 2.45) is 0 Å². The molecule has 0 saturated heterocycles. The normalized spacial score (nSPS) is 10.7. The Labute approximate surface area is 116 Å². The van der Waals surface area contributed by atoms with Crippen LogP contribution in [0, 0.1) is 6.92 Å². The van der Waals surface area contributed by atoms with Gasteiger partial charge in [0.05, 0.1) is 0 Å². The molecule has 2 rings (SSSR count). The summed E-state index contributed by atoms with van der Waals surface area (Å²) in [5.74, 6) is 0. The number of nitrogens with one attached hydrogen (secondary N) is 1. The quantitative estimate of drug-likeness (QED) is 0.876. The van der Waals surface area contributed by atoms with Gasteiger partial charge in [0.25, 0.3) is 0 Å². The van der Waals surface area contributed by atoms with Crippen molar-refractivity contribution in [3.63, 3.8) is 0 Å². The molecular weight excluding hydrogens is 232 g/mol. The van der Waals surface area contributed by atoms with Crippen LogP contribution < -0.4 is 5.32 Å². The number of likely N-dealkylation sites (N-methyl/N-ethyl adjacent to an activating group) is 1. The van der Waals surface area contributed by atoms with Gasteiger partial charge in [-0.2, -0.15) is 0 Å². The molecule has 2 nitrogen and oxygen atoms in total. The fourth-order valence-corrected chi connectivity index (χ4v) is 2.09. The Hall–Kier alpha value is -1.80. The zero-order valence-corrected chi connectivity index (χ0v) is 12.0. The summed E-state index contributed by atoms with van der Waals surface area (Å²) in [4.78, 5) is 2.19. The Morgan fingerprint density at radius 1 is 1.00 bits per heavy atom. The fraction of sp³-hybridized carbons (Fsp3) is 0.294. The summed E-state index contributed by atoms with van der Waals surface area (Å²) < 4.78 is 0. The second-order valence-electron chi connectivity index (χ2n) is 5.15. The molecule has 0 aromatic heterocycles. The molecule has 1 N–H and O–H groups in total. The SMILES string of the molecule is Cc1ccc(-c2ccccc2)c(NCCN(C)C)c1. The molecule has 0 bridgehead atoms. The van der Waals surface area contributed by atoms with E-state index in [9.17, 15) is 0 Å². The van der Waals surface area contributed by atoms with E-state index in [-0.39, 0.29) is 0 Å². The number of rotatable bonds is 5. The van der Waals surface area contributed by atoms with Crippen LogP contribution in [-0.4, -0.2) is 32.1 Å². The minimum atomic E-state index is 0.955. The molecule has 0 saturated carbocycles. The first-order valence-electron chi connectivity index (χ1n) is 6.71. The van der Waals surface area contributed by atoms with Gasteiger partial charge in [-0.3, -0.25) is 0 Å². The first-order chi connectivity index (χ1) is 9.16. The van der Waals surface area contributed by atoms with Gasteiger partial charge in [0, 0.05) is 24.3 Å². The van der Waals surface area contributed by atoms with E-state index in [2.05, 4.69) is 79.8 Å². The summed E-state index contributed by atoms with van der Waals surface area (Å²) in [5.41, 5.74) is 5.03. The number of hydrogen-bond donors (Lipinski definition) is 1. The maximum Gasteiger partial charge on any atom is 0.0422 e. The van der Waals surface area contributed by atoms with Crippen molar-refractivity contribution in [2.45, 2.75) is 6.92 Å². The van der Waals surface area contributed by atoms with E-state index in [0.29, 0.717) is 0 Å². The van der Waals surface area contributed by atoms with Crippen LogP contribution in [0.5, 0.6) is 0 Å². The highest BCUT2D eigenvalue weighted by molar-refractivity contribution is 5.78. The Balaban J connectivity index is 2.23. The van der Waals surface area contributed by atoms with E-state index in [1.54, 1.807) is 0 Å². The Kier molecular flexibility index (Phi) is 4.58. The molecule has 100 valence electrons. The number of aryl methyl sites for hydroxylation is 1. The van der Waals surface area contributed by atoms with Crippen molar-refractivity contribution in [1.82, 2.24) is 4.90 Å². The predicted molar refractivity (Wildman–Crippen MR) is 83.7 cm³/mol. The standard InChI is InChI=1S/C17H22N2/c1-14-9-10-16(15-7-5-4-6-8-15)17(13-14)18-11-12-19(2)3/h4-10,13,18H,11-12H2,1-3H3. The van der Waals surface area contributed by atoms with Crippen molar-refractivity contribution >= 4 is 5.69 Å². The lowest BCUT2D eigenvalue weighted by atomic mass is 10.0. The van der Waals surface area contributed by atoms with E-state index in [1.807, 2.05) is 0 Å². The fourth-order valence-electron chi connectivity index (χ4n) is 2.09. The molecule has 0 atom stereocenters. The van der Waals surface area contributed by atoms with Crippen LogP contribution >= 0.6 is 0 Å². The van der Waals surface area contributed by atoms with E-state index < -0.39 is 0 Å². The number of nitrogens with zero attached hydrogens (tertiary/aromatic N) is 1. The summed E-state index contributed by atoms with van der Waals surface area (Å²) in [7, 11) is 4.19. The third kappa shape index (κ3) is 3.83. The van der Waals surface area contributed by atoms with Crippen LogP contribution in [0.4, 0.5) is 5.69 Å². The van der Waals surface area contributed by atoms with Crippen molar-refractivity contribution in [3.05, 3.63) is 54.1 Å². The van der Waals surface area contributed by atoms with Crippen molar-refractivity contribution < 1.29 is 0 Å². The van der Waals surface area contributed by atoms with Gasteiger partial charge < -0.3 is 10.2 Å². The van der Waals surface area contributed by atoms with Crippen LogP contribution in [0.25, 0.3) is 11.1 Å². The van der Waals surface area contributed by atoms with Gasteiger partial charge in [-0.15, -0.1) is 0 Å². The maximum atomic E-state index is 3.54. The highest BCUT2D eigenvalue weighted by atomic mass is 15.1. The molecule has 2 aromatic rings. The van der Waals surface area contributed by atoms with Gasteiger partial charge in [-0.25, -0.2) is 0 Å². The summed E-state index contributed by atoms with van der Waals surface area (Å²) in [6.45, 7) is 4.12. The lowest BCUT2D eigenvalue weighted by molar-refractivity contribution is 0.425. The third-order valence-electron chi connectivity index (χ3n) is 3.13. The van der Waals surface area contributed by atoms with E-state index in [4.69, 9.17) is 0 Å². The van der Waals surface area contributed by atoms with Crippen molar-refractivity contribution in [3.8, 4) is 11.1 Å². The molecule has 0 fully saturated rings. The molecule has 2 heteroatoms. The summed E-state index contributed by atoms with van der Waals surface area (Å²) in [6.07, 6.45) is 0. The average Bonchev–Trinajstić information content (AvgIpc) is 2.39. The second kappa shape index (κ2) is 6.39. The highest BCUT2D eigenvalue weighted by Gasteiger charge is 2.04. The van der Waals surface area contributed by atoms with Gasteiger partial charge in [-0.1, -0.05) is 42.5 Å². The molecular formula is C17H22N2. The monoisotopic (exact) mass is 254 g/mol. The molecule has 0 aliphatic rings. The molecule has 0 amide bonds. The lowest BCUT2D eigenvalue weighted by Gasteiger charge is -2.15. The molecule has 0 aliphatic heterocycles. The van der Waals surface area contributed by atoms with Gasteiger partial charge in [0.2, 0.25) is 0 Å². The Morgan fingerprint density at radius 2 is 1.74 bits per heavy atom. The largest absolute Gasteiger partial charge is 0.383 e. The molecule has 0 spiro atoms. The van der Waals surface area contributed by atoms with Crippen LogP contribution in [0.3, 0.4) is 0 Å². The molecule has 0 radical (unpaired) electrons.